The van der Waals surface area contributed by atoms with Crippen molar-refractivity contribution >= 4 is 5.91 Å². The minimum atomic E-state index is 0.0954. The Labute approximate surface area is 104 Å². The van der Waals surface area contributed by atoms with Crippen molar-refractivity contribution < 1.29 is 14.3 Å². The summed E-state index contributed by atoms with van der Waals surface area (Å²) in [7, 11) is 0. The van der Waals surface area contributed by atoms with Gasteiger partial charge in [0.1, 0.15) is 0 Å². The highest BCUT2D eigenvalue weighted by molar-refractivity contribution is 5.75. The van der Waals surface area contributed by atoms with Crippen LogP contribution in [0.15, 0.2) is 0 Å². The zero-order chi connectivity index (χ0) is 12.8. The maximum Gasteiger partial charge on any atom is 0.220 e. The van der Waals surface area contributed by atoms with Gasteiger partial charge in [-0.25, -0.2) is 0 Å². The molecule has 0 fully saturated rings. The van der Waals surface area contributed by atoms with Crippen LogP contribution < -0.4 is 10.6 Å². The SMILES string of the molecule is CCCC(=O)NCCOCCOCCNCC. The van der Waals surface area contributed by atoms with Crippen LogP contribution in [0.1, 0.15) is 26.7 Å². The largest absolute Gasteiger partial charge is 0.378 e. The minimum Gasteiger partial charge on any atom is -0.378 e. The number of hydrogen-bond donors (Lipinski definition) is 2. The molecule has 0 atom stereocenters. The van der Waals surface area contributed by atoms with Crippen molar-refractivity contribution in [1.29, 1.82) is 0 Å². The number of ether oxygens (including phenoxy) is 2. The number of carbonyl (C=O) groups is 1. The molecule has 0 aliphatic rings. The summed E-state index contributed by atoms with van der Waals surface area (Å²) in [6.45, 7) is 8.93. The van der Waals surface area contributed by atoms with E-state index in [0.717, 1.165) is 19.5 Å². The number of rotatable bonds is 12. The summed E-state index contributed by atoms with van der Waals surface area (Å²) in [4.78, 5) is 11.1. The van der Waals surface area contributed by atoms with Crippen molar-refractivity contribution in [3.63, 3.8) is 0 Å². The molecule has 5 nitrogen and oxygen atoms in total. The molecule has 0 saturated carbocycles. The summed E-state index contributed by atoms with van der Waals surface area (Å²) < 4.78 is 10.6. The Morgan fingerprint density at radius 1 is 1.00 bits per heavy atom. The van der Waals surface area contributed by atoms with Gasteiger partial charge >= 0.3 is 0 Å². The molecule has 0 radical (unpaired) electrons. The highest BCUT2D eigenvalue weighted by Crippen LogP contribution is 1.85. The Morgan fingerprint density at radius 2 is 1.65 bits per heavy atom. The van der Waals surface area contributed by atoms with Crippen LogP contribution in [0, 0.1) is 0 Å². The standard InChI is InChI=1S/C12H26N2O3/c1-3-5-12(15)14-7-9-17-11-10-16-8-6-13-4-2/h13H,3-11H2,1-2H3,(H,14,15). The van der Waals surface area contributed by atoms with Gasteiger partial charge in [0.05, 0.1) is 26.4 Å². The van der Waals surface area contributed by atoms with E-state index >= 15 is 0 Å². The van der Waals surface area contributed by atoms with Crippen molar-refractivity contribution in [1.82, 2.24) is 10.6 Å². The zero-order valence-electron chi connectivity index (χ0n) is 11.1. The van der Waals surface area contributed by atoms with E-state index in [4.69, 9.17) is 9.47 Å². The lowest BCUT2D eigenvalue weighted by Gasteiger charge is -2.07. The molecule has 0 aromatic heterocycles. The fourth-order valence-electron chi connectivity index (χ4n) is 1.22. The molecule has 5 heteroatoms. The van der Waals surface area contributed by atoms with Gasteiger partial charge in [-0.3, -0.25) is 4.79 Å². The van der Waals surface area contributed by atoms with E-state index in [9.17, 15) is 4.79 Å². The first-order valence-corrected chi connectivity index (χ1v) is 6.44. The van der Waals surface area contributed by atoms with Gasteiger partial charge in [0.15, 0.2) is 0 Å². The van der Waals surface area contributed by atoms with Crippen molar-refractivity contribution in [3.8, 4) is 0 Å². The van der Waals surface area contributed by atoms with Gasteiger partial charge in [-0.05, 0) is 13.0 Å². The van der Waals surface area contributed by atoms with Crippen molar-refractivity contribution in [2.45, 2.75) is 26.7 Å². The molecule has 0 bridgehead atoms. The highest BCUT2D eigenvalue weighted by Gasteiger charge is 1.97. The second-order valence-electron chi connectivity index (χ2n) is 3.68. The third-order valence-electron chi connectivity index (χ3n) is 2.09. The van der Waals surface area contributed by atoms with Gasteiger partial charge in [-0.2, -0.15) is 0 Å². The van der Waals surface area contributed by atoms with Gasteiger partial charge in [0.25, 0.3) is 0 Å². The number of nitrogens with one attached hydrogen (secondary N) is 2. The molecular weight excluding hydrogens is 220 g/mol. The molecule has 0 saturated heterocycles. The number of likely N-dealkylation sites (N-methyl/N-ethyl adjacent to an activating group) is 1. The molecule has 0 aliphatic heterocycles. The fraction of sp³-hybridized carbons (Fsp3) is 0.917. The maximum atomic E-state index is 11.1. The lowest BCUT2D eigenvalue weighted by Crippen LogP contribution is -2.27. The van der Waals surface area contributed by atoms with Crippen LogP contribution >= 0.6 is 0 Å². The summed E-state index contributed by atoms with van der Waals surface area (Å²) in [6.07, 6.45) is 1.47. The normalized spacial score (nSPS) is 10.5. The zero-order valence-corrected chi connectivity index (χ0v) is 11.1. The van der Waals surface area contributed by atoms with Crippen molar-refractivity contribution in [3.05, 3.63) is 0 Å². The maximum absolute atomic E-state index is 11.1. The summed E-state index contributed by atoms with van der Waals surface area (Å²) in [6, 6.07) is 0. The first-order valence-electron chi connectivity index (χ1n) is 6.44. The van der Waals surface area contributed by atoms with Crippen LogP contribution in [-0.4, -0.2) is 52.0 Å². The molecule has 0 unspecified atom stereocenters. The van der Waals surface area contributed by atoms with Crippen LogP contribution in [0.25, 0.3) is 0 Å². The van der Waals surface area contributed by atoms with E-state index in [0.29, 0.717) is 39.4 Å². The Balaban J connectivity index is 3.01. The third kappa shape index (κ3) is 13.3. The van der Waals surface area contributed by atoms with Crippen molar-refractivity contribution in [2.75, 3.05) is 46.1 Å². The van der Waals surface area contributed by atoms with E-state index in [-0.39, 0.29) is 5.91 Å². The van der Waals surface area contributed by atoms with E-state index in [2.05, 4.69) is 17.6 Å². The van der Waals surface area contributed by atoms with Gasteiger partial charge < -0.3 is 20.1 Å². The molecule has 0 spiro atoms. The Kier molecular flexibility index (Phi) is 12.9. The van der Waals surface area contributed by atoms with E-state index in [1.807, 2.05) is 6.92 Å². The van der Waals surface area contributed by atoms with Gasteiger partial charge in [-0.15, -0.1) is 0 Å². The Morgan fingerprint density at radius 3 is 2.24 bits per heavy atom. The smallest absolute Gasteiger partial charge is 0.220 e. The predicted octanol–water partition coefficient (Wildman–Crippen LogP) is 0.545. The Hall–Kier alpha value is -0.650. The van der Waals surface area contributed by atoms with Crippen LogP contribution in [-0.2, 0) is 14.3 Å². The van der Waals surface area contributed by atoms with E-state index in [1.165, 1.54) is 0 Å². The average Bonchev–Trinajstić information content (AvgIpc) is 2.32. The summed E-state index contributed by atoms with van der Waals surface area (Å²) in [5.41, 5.74) is 0. The lowest BCUT2D eigenvalue weighted by atomic mass is 10.3. The van der Waals surface area contributed by atoms with E-state index in [1.54, 1.807) is 0 Å². The highest BCUT2D eigenvalue weighted by atomic mass is 16.5. The first-order chi connectivity index (χ1) is 8.31. The lowest BCUT2D eigenvalue weighted by molar-refractivity contribution is -0.121. The molecule has 102 valence electrons. The second kappa shape index (κ2) is 13.4. The fourth-order valence-corrected chi connectivity index (χ4v) is 1.22. The molecule has 0 heterocycles. The average molecular weight is 246 g/mol. The molecule has 0 aliphatic carbocycles. The molecule has 0 aromatic rings. The van der Waals surface area contributed by atoms with Crippen LogP contribution in [0.3, 0.4) is 0 Å². The molecule has 0 aromatic carbocycles. The summed E-state index contributed by atoms with van der Waals surface area (Å²) in [5.74, 6) is 0.0954. The molecule has 2 N–H and O–H groups in total. The summed E-state index contributed by atoms with van der Waals surface area (Å²) in [5, 5.41) is 5.96. The minimum absolute atomic E-state index is 0.0954. The van der Waals surface area contributed by atoms with Gasteiger partial charge in [0, 0.05) is 19.5 Å². The van der Waals surface area contributed by atoms with Crippen LogP contribution in [0.2, 0.25) is 0 Å². The quantitative estimate of drug-likeness (QED) is 0.494. The molecule has 1 amide bonds. The third-order valence-corrected chi connectivity index (χ3v) is 2.09. The first kappa shape index (κ1) is 16.4. The van der Waals surface area contributed by atoms with Gasteiger partial charge in [-0.1, -0.05) is 13.8 Å². The topological polar surface area (TPSA) is 59.6 Å². The second-order valence-corrected chi connectivity index (χ2v) is 3.68. The van der Waals surface area contributed by atoms with Crippen LogP contribution in [0.4, 0.5) is 0 Å². The predicted molar refractivity (Wildman–Crippen MR) is 68.1 cm³/mol. The number of amides is 1. The van der Waals surface area contributed by atoms with Gasteiger partial charge in [0.2, 0.25) is 5.91 Å². The summed E-state index contributed by atoms with van der Waals surface area (Å²) >= 11 is 0. The molecule has 0 rings (SSSR count). The molecule has 17 heavy (non-hydrogen) atoms. The van der Waals surface area contributed by atoms with Crippen LogP contribution in [0.5, 0.6) is 0 Å². The van der Waals surface area contributed by atoms with E-state index < -0.39 is 0 Å². The Bertz CT molecular complexity index is 177. The monoisotopic (exact) mass is 246 g/mol. The van der Waals surface area contributed by atoms with Crippen molar-refractivity contribution in [2.24, 2.45) is 0 Å². The number of hydrogen-bond acceptors (Lipinski definition) is 4. The number of carbonyl (C=O) groups excluding carboxylic acids is 1. The molecular formula is C12H26N2O3.